The Morgan fingerprint density at radius 2 is 1.55 bits per heavy atom. The molecule has 0 aromatic carbocycles. The van der Waals surface area contributed by atoms with Crippen LogP contribution in [0.5, 0.6) is 0 Å². The molecule has 1 unspecified atom stereocenters. The second-order valence-electron chi connectivity index (χ2n) is 6.65. The molecule has 0 aromatic heterocycles. The third-order valence-electron chi connectivity index (χ3n) is 2.06. The fraction of sp³-hybridized carbons (Fsp3) is 0.857. The van der Waals surface area contributed by atoms with E-state index in [0.29, 0.717) is 6.42 Å². The van der Waals surface area contributed by atoms with Crippen LogP contribution >= 0.6 is 0 Å². The summed E-state index contributed by atoms with van der Waals surface area (Å²) in [6, 6.07) is -0.530. The van der Waals surface area contributed by atoms with Gasteiger partial charge < -0.3 is 19.9 Å². The van der Waals surface area contributed by atoms with Crippen LogP contribution in [0.1, 0.15) is 54.4 Å². The number of carbonyl (C=O) groups excluding carboxylic acids is 2. The van der Waals surface area contributed by atoms with Gasteiger partial charge in [0, 0.05) is 6.42 Å². The molecule has 0 bridgehead atoms. The highest BCUT2D eigenvalue weighted by Gasteiger charge is 2.21. The minimum Gasteiger partial charge on any atom is -0.460 e. The van der Waals surface area contributed by atoms with E-state index in [1.54, 1.807) is 41.5 Å². The van der Waals surface area contributed by atoms with Crippen molar-refractivity contribution in [3.8, 4) is 0 Å². The maximum atomic E-state index is 11.5. The Morgan fingerprint density at radius 1 is 1.05 bits per heavy atom. The molecule has 1 atom stereocenters. The summed E-state index contributed by atoms with van der Waals surface area (Å²) in [5.41, 5.74) is -1.14. The zero-order valence-electron chi connectivity index (χ0n) is 13.3. The molecule has 0 radical (unpaired) electrons. The summed E-state index contributed by atoms with van der Waals surface area (Å²) in [4.78, 5) is 23.1. The Hall–Kier alpha value is -1.30. The van der Waals surface area contributed by atoms with E-state index < -0.39 is 23.3 Å². The molecule has 1 amide bonds. The summed E-state index contributed by atoms with van der Waals surface area (Å²) in [5, 5.41) is 11.7. The average Bonchev–Trinajstić information content (AvgIpc) is 2.18. The SMILES string of the molecule is CC(C)(C)OC(=O)CCC(CO)NC(=O)OC(C)(C)C. The molecular weight excluding hydrogens is 262 g/mol. The number of nitrogens with one attached hydrogen (secondary N) is 1. The first-order valence-electron chi connectivity index (χ1n) is 6.75. The summed E-state index contributed by atoms with van der Waals surface area (Å²) in [6.45, 7) is 10.3. The van der Waals surface area contributed by atoms with Gasteiger partial charge in [0.1, 0.15) is 11.2 Å². The second kappa shape index (κ2) is 7.47. The van der Waals surface area contributed by atoms with E-state index in [9.17, 15) is 14.7 Å². The van der Waals surface area contributed by atoms with Crippen LogP contribution in [0.3, 0.4) is 0 Å². The van der Waals surface area contributed by atoms with Gasteiger partial charge in [-0.05, 0) is 48.0 Å². The van der Waals surface area contributed by atoms with Gasteiger partial charge in [0.2, 0.25) is 0 Å². The van der Waals surface area contributed by atoms with E-state index >= 15 is 0 Å². The van der Waals surface area contributed by atoms with E-state index in [0.717, 1.165) is 0 Å². The second-order valence-corrected chi connectivity index (χ2v) is 6.65. The van der Waals surface area contributed by atoms with Crippen molar-refractivity contribution in [2.24, 2.45) is 0 Å². The third kappa shape index (κ3) is 10.6. The highest BCUT2D eigenvalue weighted by Crippen LogP contribution is 2.11. The van der Waals surface area contributed by atoms with E-state index in [2.05, 4.69) is 5.32 Å². The van der Waals surface area contributed by atoms with Crippen LogP contribution in [0.25, 0.3) is 0 Å². The largest absolute Gasteiger partial charge is 0.460 e. The summed E-state index contributed by atoms with van der Waals surface area (Å²) < 4.78 is 10.2. The normalized spacial score (nSPS) is 13.6. The average molecular weight is 289 g/mol. The number of carbonyl (C=O) groups is 2. The van der Waals surface area contributed by atoms with Crippen molar-refractivity contribution >= 4 is 12.1 Å². The molecule has 0 spiro atoms. The number of aliphatic hydroxyl groups is 1. The predicted octanol–water partition coefficient (Wildman–Crippen LogP) is 1.99. The highest BCUT2D eigenvalue weighted by atomic mass is 16.6. The number of esters is 1. The minimum atomic E-state index is -0.610. The van der Waals surface area contributed by atoms with Crippen molar-refractivity contribution < 1.29 is 24.2 Å². The Kier molecular flexibility index (Phi) is 6.99. The maximum absolute atomic E-state index is 11.5. The molecule has 0 saturated carbocycles. The van der Waals surface area contributed by atoms with Gasteiger partial charge in [0.15, 0.2) is 0 Å². The Labute approximate surface area is 120 Å². The molecule has 20 heavy (non-hydrogen) atoms. The number of alkyl carbamates (subject to hydrolysis) is 1. The van der Waals surface area contributed by atoms with Gasteiger partial charge in [-0.2, -0.15) is 0 Å². The zero-order chi connectivity index (χ0) is 16.0. The molecule has 0 aliphatic heterocycles. The van der Waals surface area contributed by atoms with Crippen molar-refractivity contribution in [1.82, 2.24) is 5.32 Å². The van der Waals surface area contributed by atoms with E-state index in [-0.39, 0.29) is 19.0 Å². The quantitative estimate of drug-likeness (QED) is 0.756. The smallest absolute Gasteiger partial charge is 0.407 e. The Balaban J connectivity index is 4.17. The van der Waals surface area contributed by atoms with Gasteiger partial charge in [0.25, 0.3) is 0 Å². The number of hydrogen-bond acceptors (Lipinski definition) is 5. The van der Waals surface area contributed by atoms with E-state index in [1.807, 2.05) is 0 Å². The van der Waals surface area contributed by atoms with Crippen LogP contribution in [0, 0.1) is 0 Å². The number of aliphatic hydroxyl groups excluding tert-OH is 1. The molecule has 0 rings (SSSR count). The van der Waals surface area contributed by atoms with E-state index in [4.69, 9.17) is 9.47 Å². The lowest BCUT2D eigenvalue weighted by atomic mass is 10.1. The number of rotatable bonds is 5. The predicted molar refractivity (Wildman–Crippen MR) is 75.3 cm³/mol. The lowest BCUT2D eigenvalue weighted by Gasteiger charge is -2.23. The first-order valence-corrected chi connectivity index (χ1v) is 6.75. The van der Waals surface area contributed by atoms with Gasteiger partial charge >= 0.3 is 12.1 Å². The van der Waals surface area contributed by atoms with Crippen molar-refractivity contribution in [3.63, 3.8) is 0 Å². The maximum Gasteiger partial charge on any atom is 0.407 e. The molecule has 0 aromatic rings. The molecule has 0 aliphatic carbocycles. The van der Waals surface area contributed by atoms with Gasteiger partial charge in [-0.25, -0.2) is 4.79 Å². The fourth-order valence-electron chi connectivity index (χ4n) is 1.37. The van der Waals surface area contributed by atoms with Crippen molar-refractivity contribution in [2.45, 2.75) is 71.6 Å². The summed E-state index contributed by atoms with van der Waals surface area (Å²) >= 11 is 0. The molecule has 6 nitrogen and oxygen atoms in total. The lowest BCUT2D eigenvalue weighted by molar-refractivity contribution is -0.155. The number of hydrogen-bond donors (Lipinski definition) is 2. The van der Waals surface area contributed by atoms with Crippen LogP contribution < -0.4 is 5.32 Å². The standard InChI is InChI=1S/C14H27NO5/c1-13(2,3)19-11(17)8-7-10(9-16)15-12(18)20-14(4,5)6/h10,16H,7-9H2,1-6H3,(H,15,18). The summed E-state index contributed by atoms with van der Waals surface area (Å²) in [5.74, 6) is -0.359. The van der Waals surface area contributed by atoms with Crippen LogP contribution in [0.2, 0.25) is 0 Å². The van der Waals surface area contributed by atoms with Crippen LogP contribution in [-0.2, 0) is 14.3 Å². The topological polar surface area (TPSA) is 84.9 Å². The van der Waals surface area contributed by atoms with Gasteiger partial charge in [-0.1, -0.05) is 0 Å². The summed E-state index contributed by atoms with van der Waals surface area (Å²) in [7, 11) is 0. The van der Waals surface area contributed by atoms with Crippen molar-refractivity contribution in [1.29, 1.82) is 0 Å². The number of ether oxygens (including phenoxy) is 2. The van der Waals surface area contributed by atoms with Crippen molar-refractivity contribution in [2.75, 3.05) is 6.61 Å². The first kappa shape index (κ1) is 18.7. The molecular formula is C14H27NO5. The van der Waals surface area contributed by atoms with Gasteiger partial charge in [-0.15, -0.1) is 0 Å². The molecule has 118 valence electrons. The molecule has 0 aliphatic rings. The van der Waals surface area contributed by atoms with Crippen LogP contribution in [-0.4, -0.2) is 41.0 Å². The Bertz CT molecular complexity index is 327. The number of amides is 1. The monoisotopic (exact) mass is 289 g/mol. The fourth-order valence-corrected chi connectivity index (χ4v) is 1.37. The molecule has 6 heteroatoms. The molecule has 0 saturated heterocycles. The molecule has 0 fully saturated rings. The summed E-state index contributed by atoms with van der Waals surface area (Å²) in [6.07, 6.45) is -0.191. The first-order chi connectivity index (χ1) is 8.93. The highest BCUT2D eigenvalue weighted by molar-refractivity contribution is 5.70. The zero-order valence-corrected chi connectivity index (χ0v) is 13.3. The molecule has 0 heterocycles. The minimum absolute atomic E-state index is 0.123. The Morgan fingerprint density at radius 3 is 1.95 bits per heavy atom. The van der Waals surface area contributed by atoms with Gasteiger partial charge in [0.05, 0.1) is 12.6 Å². The van der Waals surface area contributed by atoms with Gasteiger partial charge in [-0.3, -0.25) is 4.79 Å². The third-order valence-corrected chi connectivity index (χ3v) is 2.06. The lowest BCUT2D eigenvalue weighted by Crippen LogP contribution is -2.41. The van der Waals surface area contributed by atoms with Crippen molar-refractivity contribution in [3.05, 3.63) is 0 Å². The van der Waals surface area contributed by atoms with Crippen LogP contribution in [0.4, 0.5) is 4.79 Å². The molecule has 2 N–H and O–H groups in total. The van der Waals surface area contributed by atoms with Crippen LogP contribution in [0.15, 0.2) is 0 Å². The van der Waals surface area contributed by atoms with E-state index in [1.165, 1.54) is 0 Å².